The molecular weight excluding hydrogens is 390 g/mol. The molecule has 2 aliphatic rings. The second-order valence-electron chi connectivity index (χ2n) is 8.80. The molecule has 1 aromatic carbocycles. The van der Waals surface area contributed by atoms with Gasteiger partial charge >= 0.3 is 0 Å². The Labute approximate surface area is 184 Å². The zero-order valence-corrected chi connectivity index (χ0v) is 18.6. The molecule has 0 aliphatic carbocycles. The number of unbranched alkanes of at least 4 members (excludes halogenated alkanes) is 1. The molecule has 2 aromatic rings. The maximum atomic E-state index is 13.3. The van der Waals surface area contributed by atoms with Crippen molar-refractivity contribution >= 4 is 17.5 Å². The maximum Gasteiger partial charge on any atom is 0.257 e. The Morgan fingerprint density at radius 1 is 1.23 bits per heavy atom. The van der Waals surface area contributed by atoms with Crippen LogP contribution in [0.25, 0.3) is 0 Å². The van der Waals surface area contributed by atoms with E-state index in [0.717, 1.165) is 32.1 Å². The van der Waals surface area contributed by atoms with E-state index in [1.54, 1.807) is 12.3 Å². The molecule has 1 N–H and O–H groups in total. The first-order valence-electron chi connectivity index (χ1n) is 11.6. The number of para-hydroxylation sites is 1. The Morgan fingerprint density at radius 3 is 2.90 bits per heavy atom. The molecule has 1 saturated heterocycles. The molecule has 0 radical (unpaired) electrons. The summed E-state index contributed by atoms with van der Waals surface area (Å²) >= 11 is 0. The number of piperidine rings is 1. The van der Waals surface area contributed by atoms with Gasteiger partial charge in [0.25, 0.3) is 5.91 Å². The van der Waals surface area contributed by atoms with Crippen molar-refractivity contribution in [1.29, 1.82) is 0 Å². The fourth-order valence-electron chi connectivity index (χ4n) is 4.76. The van der Waals surface area contributed by atoms with Crippen molar-refractivity contribution in [3.8, 4) is 0 Å². The minimum absolute atomic E-state index is 0.0325. The normalized spacial score (nSPS) is 20.6. The van der Waals surface area contributed by atoms with Gasteiger partial charge < -0.3 is 19.5 Å². The van der Waals surface area contributed by atoms with Crippen LogP contribution in [0.15, 0.2) is 41.0 Å². The maximum absolute atomic E-state index is 13.3. The zero-order valence-electron chi connectivity index (χ0n) is 18.6. The summed E-state index contributed by atoms with van der Waals surface area (Å²) in [6.45, 7) is 6.76. The summed E-state index contributed by atoms with van der Waals surface area (Å²) < 4.78 is 5.77. The average molecular weight is 424 g/mol. The molecule has 4 rings (SSSR count). The van der Waals surface area contributed by atoms with Gasteiger partial charge in [-0.25, -0.2) is 0 Å². The highest BCUT2D eigenvalue weighted by Gasteiger charge is 2.32. The molecule has 2 aliphatic heterocycles. The second kappa shape index (κ2) is 9.58. The summed E-state index contributed by atoms with van der Waals surface area (Å²) in [5, 5.41) is 3.02. The summed E-state index contributed by atoms with van der Waals surface area (Å²) in [5.74, 6) is 0.606. The monoisotopic (exact) mass is 423 g/mol. The quantitative estimate of drug-likeness (QED) is 0.684. The number of carbonyl (C=O) groups is 2. The summed E-state index contributed by atoms with van der Waals surface area (Å²) in [6, 6.07) is 10.6. The highest BCUT2D eigenvalue weighted by molar-refractivity contribution is 5.95. The van der Waals surface area contributed by atoms with E-state index >= 15 is 0 Å². The van der Waals surface area contributed by atoms with E-state index in [4.69, 9.17) is 4.42 Å². The number of hydrogen-bond donors (Lipinski definition) is 1. The number of benzene rings is 1. The molecule has 31 heavy (non-hydrogen) atoms. The predicted molar refractivity (Wildman–Crippen MR) is 121 cm³/mol. The molecule has 1 aromatic heterocycles. The molecule has 6 nitrogen and oxygen atoms in total. The SMILES string of the molecule is CCCCNC(=O)C1CCCN(C(=O)c2ccoc2CN2c3ccccc3CC2C)C1. The van der Waals surface area contributed by atoms with Crippen molar-refractivity contribution in [2.75, 3.05) is 24.5 Å². The third-order valence-corrected chi connectivity index (χ3v) is 6.55. The van der Waals surface area contributed by atoms with Gasteiger partial charge in [-0.05, 0) is 50.3 Å². The van der Waals surface area contributed by atoms with Crippen molar-refractivity contribution in [3.63, 3.8) is 0 Å². The first-order valence-corrected chi connectivity index (χ1v) is 11.6. The van der Waals surface area contributed by atoms with Crippen LogP contribution in [0.5, 0.6) is 0 Å². The molecule has 2 amide bonds. The summed E-state index contributed by atoms with van der Waals surface area (Å²) in [7, 11) is 0. The molecule has 6 heteroatoms. The zero-order chi connectivity index (χ0) is 21.8. The van der Waals surface area contributed by atoms with Crippen LogP contribution in [-0.4, -0.2) is 42.4 Å². The van der Waals surface area contributed by atoms with E-state index in [0.29, 0.717) is 43.5 Å². The second-order valence-corrected chi connectivity index (χ2v) is 8.80. The summed E-state index contributed by atoms with van der Waals surface area (Å²) in [4.78, 5) is 30.0. The number of nitrogens with zero attached hydrogens (tertiary/aromatic N) is 2. The highest BCUT2D eigenvalue weighted by Crippen LogP contribution is 2.34. The Kier molecular flexibility index (Phi) is 6.64. The molecule has 0 spiro atoms. The number of fused-ring (bicyclic) bond motifs is 1. The van der Waals surface area contributed by atoms with Gasteiger partial charge in [0.1, 0.15) is 5.76 Å². The van der Waals surface area contributed by atoms with Crippen LogP contribution in [0.4, 0.5) is 5.69 Å². The smallest absolute Gasteiger partial charge is 0.257 e. The van der Waals surface area contributed by atoms with E-state index < -0.39 is 0 Å². The molecule has 166 valence electrons. The minimum Gasteiger partial charge on any atom is -0.467 e. The molecule has 0 bridgehead atoms. The fraction of sp³-hybridized carbons (Fsp3) is 0.520. The van der Waals surface area contributed by atoms with Gasteiger partial charge in [0, 0.05) is 31.4 Å². The van der Waals surface area contributed by atoms with Crippen molar-refractivity contribution in [3.05, 3.63) is 53.5 Å². The predicted octanol–water partition coefficient (Wildman–Crippen LogP) is 4.00. The Hall–Kier alpha value is -2.76. The van der Waals surface area contributed by atoms with Gasteiger partial charge in [0.15, 0.2) is 0 Å². The summed E-state index contributed by atoms with van der Waals surface area (Å²) in [5.41, 5.74) is 3.16. The largest absolute Gasteiger partial charge is 0.467 e. The fourth-order valence-corrected chi connectivity index (χ4v) is 4.76. The Bertz CT molecular complexity index is 922. The first kappa shape index (κ1) is 21.5. The van der Waals surface area contributed by atoms with E-state index in [-0.39, 0.29) is 17.7 Å². The Balaban J connectivity index is 1.43. The van der Waals surface area contributed by atoms with Crippen LogP contribution in [-0.2, 0) is 17.8 Å². The third kappa shape index (κ3) is 4.63. The highest BCUT2D eigenvalue weighted by atomic mass is 16.3. The molecular formula is C25H33N3O3. The number of carbonyl (C=O) groups excluding carboxylic acids is 2. The van der Waals surface area contributed by atoms with Crippen LogP contribution in [0.3, 0.4) is 0 Å². The van der Waals surface area contributed by atoms with E-state index in [9.17, 15) is 9.59 Å². The number of anilines is 1. The molecule has 3 heterocycles. The number of nitrogens with one attached hydrogen (secondary N) is 1. The lowest BCUT2D eigenvalue weighted by Crippen LogP contribution is -2.45. The molecule has 2 atom stereocenters. The average Bonchev–Trinajstić information content (AvgIpc) is 3.38. The lowest BCUT2D eigenvalue weighted by molar-refractivity contribution is -0.126. The number of rotatable bonds is 7. The first-order chi connectivity index (χ1) is 15.1. The number of furan rings is 1. The Morgan fingerprint density at radius 2 is 2.06 bits per heavy atom. The van der Waals surface area contributed by atoms with E-state index in [1.807, 2.05) is 4.90 Å². The number of amides is 2. The van der Waals surface area contributed by atoms with Gasteiger partial charge in [0.05, 0.1) is 24.3 Å². The van der Waals surface area contributed by atoms with Crippen LogP contribution >= 0.6 is 0 Å². The van der Waals surface area contributed by atoms with E-state index in [2.05, 4.69) is 48.3 Å². The van der Waals surface area contributed by atoms with Gasteiger partial charge in [-0.2, -0.15) is 0 Å². The standard InChI is InChI=1S/C25H33N3O3/c1-3-4-12-26-24(29)20-9-7-13-27(16-20)25(30)21-11-14-31-23(21)17-28-18(2)15-19-8-5-6-10-22(19)28/h5-6,8,10-11,14,18,20H,3-4,7,9,12-13,15-17H2,1-2H3,(H,26,29). The van der Waals surface area contributed by atoms with Crippen LogP contribution in [0, 0.1) is 5.92 Å². The topological polar surface area (TPSA) is 65.8 Å². The van der Waals surface area contributed by atoms with Gasteiger partial charge in [-0.15, -0.1) is 0 Å². The number of hydrogen-bond acceptors (Lipinski definition) is 4. The number of likely N-dealkylation sites (tertiary alicyclic amines) is 1. The van der Waals surface area contributed by atoms with Crippen molar-refractivity contribution in [1.82, 2.24) is 10.2 Å². The minimum atomic E-state index is -0.129. The van der Waals surface area contributed by atoms with E-state index in [1.165, 1.54) is 11.3 Å². The molecule has 2 unspecified atom stereocenters. The van der Waals surface area contributed by atoms with Gasteiger partial charge in [0.2, 0.25) is 5.91 Å². The van der Waals surface area contributed by atoms with Crippen LogP contribution < -0.4 is 10.2 Å². The third-order valence-electron chi connectivity index (χ3n) is 6.55. The van der Waals surface area contributed by atoms with Crippen molar-refractivity contribution < 1.29 is 14.0 Å². The molecule has 1 fully saturated rings. The van der Waals surface area contributed by atoms with Crippen LogP contribution in [0.2, 0.25) is 0 Å². The van der Waals surface area contributed by atoms with Gasteiger partial charge in [-0.3, -0.25) is 9.59 Å². The van der Waals surface area contributed by atoms with Crippen molar-refractivity contribution in [2.45, 2.75) is 58.5 Å². The van der Waals surface area contributed by atoms with Crippen LogP contribution in [0.1, 0.15) is 61.2 Å². The van der Waals surface area contributed by atoms with Gasteiger partial charge in [-0.1, -0.05) is 31.5 Å². The lowest BCUT2D eigenvalue weighted by Gasteiger charge is -2.32. The summed E-state index contributed by atoms with van der Waals surface area (Å²) in [6.07, 6.45) is 6.33. The van der Waals surface area contributed by atoms with Crippen molar-refractivity contribution in [2.24, 2.45) is 5.92 Å². The molecule has 0 saturated carbocycles. The lowest BCUT2D eigenvalue weighted by atomic mass is 9.96.